The molecule has 9 nitrogen and oxygen atoms in total. The number of carbonyl (C=O) groups excluding carboxylic acids is 1. The number of amides is 1. The summed E-state index contributed by atoms with van der Waals surface area (Å²) in [5.41, 5.74) is 4.18. The number of carbonyl (C=O) groups is 1. The van der Waals surface area contributed by atoms with E-state index in [2.05, 4.69) is 58.0 Å². The Morgan fingerprint density at radius 1 is 1.05 bits per heavy atom. The highest BCUT2D eigenvalue weighted by Gasteiger charge is 2.37. The number of methoxy groups -OCH3 is 2. The average Bonchev–Trinajstić information content (AvgIpc) is 3.03. The summed E-state index contributed by atoms with van der Waals surface area (Å²) in [4.78, 5) is 15.2. The van der Waals surface area contributed by atoms with E-state index in [1.54, 1.807) is 14.2 Å². The van der Waals surface area contributed by atoms with E-state index >= 15 is 0 Å². The number of fused-ring (bicyclic) bond motifs is 1. The first-order valence-corrected chi connectivity index (χ1v) is 16.1. The van der Waals surface area contributed by atoms with Gasteiger partial charge < -0.3 is 39.2 Å². The van der Waals surface area contributed by atoms with Gasteiger partial charge in [-0.3, -0.25) is 4.79 Å². The minimum absolute atomic E-state index is 0.00674. The third-order valence-corrected chi connectivity index (χ3v) is 8.64. The van der Waals surface area contributed by atoms with E-state index in [0.29, 0.717) is 39.6 Å². The van der Waals surface area contributed by atoms with Crippen LogP contribution in [0.1, 0.15) is 62.6 Å². The molecule has 0 bridgehead atoms. The van der Waals surface area contributed by atoms with Crippen LogP contribution in [0.3, 0.4) is 0 Å². The summed E-state index contributed by atoms with van der Waals surface area (Å²) < 4.78 is 28.7. The van der Waals surface area contributed by atoms with Crippen molar-refractivity contribution in [1.82, 2.24) is 10.6 Å². The normalized spacial score (nSPS) is 20.2. The molecular formula is C35H53N3O6. The van der Waals surface area contributed by atoms with Crippen LogP contribution in [0.5, 0.6) is 5.75 Å². The third-order valence-electron chi connectivity index (χ3n) is 8.64. The monoisotopic (exact) mass is 611 g/mol. The Kier molecular flexibility index (Phi) is 13.3. The maximum atomic E-state index is 12.8. The van der Waals surface area contributed by atoms with Crippen LogP contribution < -0.4 is 20.3 Å². The van der Waals surface area contributed by atoms with Gasteiger partial charge in [0, 0.05) is 57.8 Å². The van der Waals surface area contributed by atoms with Crippen molar-refractivity contribution >= 4 is 11.6 Å². The van der Waals surface area contributed by atoms with Gasteiger partial charge in [0.05, 0.1) is 44.8 Å². The second kappa shape index (κ2) is 17.1. The molecule has 0 unspecified atom stereocenters. The van der Waals surface area contributed by atoms with Gasteiger partial charge in [0.15, 0.2) is 0 Å². The van der Waals surface area contributed by atoms with Crippen molar-refractivity contribution in [2.24, 2.45) is 5.41 Å². The highest BCUT2D eigenvalue weighted by Crippen LogP contribution is 2.36. The zero-order chi connectivity index (χ0) is 31.4. The lowest BCUT2D eigenvalue weighted by atomic mass is 9.77. The predicted octanol–water partition coefficient (Wildman–Crippen LogP) is 4.67. The minimum atomic E-state index is -0.463. The molecule has 1 saturated heterocycles. The minimum Gasteiger partial charge on any atom is -0.490 e. The molecule has 2 aliphatic rings. The van der Waals surface area contributed by atoms with Crippen molar-refractivity contribution in [3.8, 4) is 5.75 Å². The van der Waals surface area contributed by atoms with E-state index < -0.39 is 5.41 Å². The van der Waals surface area contributed by atoms with Crippen LogP contribution in [-0.2, 0) is 37.0 Å². The molecule has 44 heavy (non-hydrogen) atoms. The molecule has 2 aromatic carbocycles. The average molecular weight is 612 g/mol. The lowest BCUT2D eigenvalue weighted by Gasteiger charge is -2.40. The number of benzene rings is 2. The number of rotatable bonds is 17. The van der Waals surface area contributed by atoms with Crippen LogP contribution >= 0.6 is 0 Å². The molecule has 9 heteroatoms. The molecule has 0 spiro atoms. The Hall–Kier alpha value is -2.69. The van der Waals surface area contributed by atoms with Gasteiger partial charge in [-0.2, -0.15) is 0 Å². The predicted molar refractivity (Wildman–Crippen MR) is 173 cm³/mol. The van der Waals surface area contributed by atoms with Crippen molar-refractivity contribution in [3.05, 3.63) is 59.2 Å². The number of piperidine rings is 1. The Bertz CT molecular complexity index is 1160. The van der Waals surface area contributed by atoms with Gasteiger partial charge in [0.1, 0.15) is 12.4 Å². The van der Waals surface area contributed by atoms with Crippen molar-refractivity contribution in [1.29, 1.82) is 0 Å². The molecular weight excluding hydrogens is 558 g/mol. The number of hydrogen-bond donors (Lipinski definition) is 2. The zero-order valence-electron chi connectivity index (χ0n) is 27.4. The fraction of sp³-hybridized carbons (Fsp3) is 0.629. The van der Waals surface area contributed by atoms with Gasteiger partial charge in [-0.25, -0.2) is 0 Å². The second-order valence-electron chi connectivity index (χ2n) is 12.5. The fourth-order valence-electron chi connectivity index (χ4n) is 6.19. The third kappa shape index (κ3) is 9.65. The summed E-state index contributed by atoms with van der Waals surface area (Å²) in [7, 11) is 3.43. The first-order chi connectivity index (χ1) is 21.3. The van der Waals surface area contributed by atoms with Gasteiger partial charge in [-0.05, 0) is 55.0 Å². The van der Waals surface area contributed by atoms with Crippen molar-refractivity contribution in [2.45, 2.75) is 71.3 Å². The fourth-order valence-corrected chi connectivity index (χ4v) is 6.19. The maximum Gasteiger partial charge on any atom is 0.225 e. The number of ether oxygens (including phenoxy) is 5. The zero-order valence-corrected chi connectivity index (χ0v) is 27.4. The number of nitrogens with zero attached hydrogens (tertiary/aromatic N) is 1. The van der Waals surface area contributed by atoms with E-state index in [1.807, 2.05) is 20.8 Å². The van der Waals surface area contributed by atoms with Crippen LogP contribution in [0, 0.1) is 5.41 Å². The topological polar surface area (TPSA) is 90.5 Å². The van der Waals surface area contributed by atoms with Crippen LogP contribution in [0.4, 0.5) is 5.69 Å². The van der Waals surface area contributed by atoms with Gasteiger partial charge in [0.25, 0.3) is 0 Å². The van der Waals surface area contributed by atoms with Crippen LogP contribution in [-0.4, -0.2) is 84.9 Å². The Labute approximate surface area is 263 Å². The molecule has 3 atom stereocenters. The van der Waals surface area contributed by atoms with Gasteiger partial charge >= 0.3 is 0 Å². The quantitative estimate of drug-likeness (QED) is 0.250. The lowest BCUT2D eigenvalue weighted by Crippen LogP contribution is -2.50. The summed E-state index contributed by atoms with van der Waals surface area (Å²) in [6.45, 7) is 12.9. The smallest absolute Gasteiger partial charge is 0.225 e. The second-order valence-corrected chi connectivity index (χ2v) is 12.5. The summed E-state index contributed by atoms with van der Waals surface area (Å²) in [6, 6.07) is 15.3. The largest absolute Gasteiger partial charge is 0.490 e. The first kappa shape index (κ1) is 34.2. The van der Waals surface area contributed by atoms with E-state index in [9.17, 15) is 4.79 Å². The Morgan fingerprint density at radius 3 is 2.57 bits per heavy atom. The van der Waals surface area contributed by atoms with Gasteiger partial charge in [0.2, 0.25) is 5.91 Å². The maximum absolute atomic E-state index is 12.8. The van der Waals surface area contributed by atoms with Crippen LogP contribution in [0.25, 0.3) is 0 Å². The van der Waals surface area contributed by atoms with Crippen molar-refractivity contribution < 1.29 is 28.5 Å². The highest BCUT2D eigenvalue weighted by atomic mass is 16.5. The van der Waals surface area contributed by atoms with E-state index in [0.717, 1.165) is 68.1 Å². The first-order valence-electron chi connectivity index (χ1n) is 16.1. The van der Waals surface area contributed by atoms with Gasteiger partial charge in [-0.1, -0.05) is 44.2 Å². The van der Waals surface area contributed by atoms with Crippen LogP contribution in [0.15, 0.2) is 42.5 Å². The molecule has 0 aliphatic carbocycles. The molecule has 4 rings (SSSR count). The Balaban J connectivity index is 1.46. The lowest BCUT2D eigenvalue weighted by molar-refractivity contribution is -0.130. The summed E-state index contributed by atoms with van der Waals surface area (Å²) in [5.74, 6) is 1.22. The molecule has 0 saturated carbocycles. The molecule has 2 aliphatic heterocycles. The van der Waals surface area contributed by atoms with Gasteiger partial charge in [-0.15, -0.1) is 0 Å². The van der Waals surface area contributed by atoms with E-state index in [4.69, 9.17) is 23.7 Å². The van der Waals surface area contributed by atoms with Crippen molar-refractivity contribution in [3.63, 3.8) is 0 Å². The summed E-state index contributed by atoms with van der Waals surface area (Å²) in [5, 5.41) is 6.72. The van der Waals surface area contributed by atoms with Crippen LogP contribution in [0.2, 0.25) is 0 Å². The number of nitrogens with one attached hydrogen (secondary N) is 2. The molecule has 0 radical (unpaired) electrons. The highest BCUT2D eigenvalue weighted by molar-refractivity contribution is 5.81. The SMILES string of the molecule is CCNC(=O)C(C)(C)C[C@@H]1C[C@H](c2ccc(COCCOC)cc2)[C@@H](OCc2ccc3c(c2)N(CCCOC)CCO3)CN1. The number of anilines is 1. The molecule has 2 N–H and O–H groups in total. The molecule has 0 aromatic heterocycles. The molecule has 1 amide bonds. The van der Waals surface area contributed by atoms with Crippen molar-refractivity contribution in [2.75, 3.05) is 71.7 Å². The standard InChI is InChI=1S/C35H53N3O6/c1-6-36-34(39)35(2,3)22-29-21-30(28-11-8-26(9-12-28)24-42-19-18-41-5)33(23-37-29)44-25-27-10-13-32-31(20-27)38(15-17-43-32)14-7-16-40-4/h8-13,20,29-30,33,37H,6-7,14-19,21-25H2,1-5H3,(H,36,39)/t29-,30+,33-/m0/s1. The summed E-state index contributed by atoms with van der Waals surface area (Å²) >= 11 is 0. The number of hydrogen-bond acceptors (Lipinski definition) is 8. The van der Waals surface area contributed by atoms with E-state index in [-0.39, 0.29) is 24.0 Å². The summed E-state index contributed by atoms with van der Waals surface area (Å²) in [6.07, 6.45) is 2.62. The van der Waals surface area contributed by atoms with E-state index in [1.165, 1.54) is 5.56 Å². The molecule has 244 valence electrons. The Morgan fingerprint density at radius 2 is 1.82 bits per heavy atom. The molecule has 2 heterocycles. The molecule has 2 aromatic rings. The molecule has 1 fully saturated rings.